The molecule has 1 heterocycles. The van der Waals surface area contributed by atoms with Crippen LogP contribution in [0.3, 0.4) is 0 Å². The van der Waals surface area contributed by atoms with E-state index in [2.05, 4.69) is 10.6 Å². The molecule has 0 spiro atoms. The first kappa shape index (κ1) is 15.4. The molecule has 0 radical (unpaired) electrons. The van der Waals surface area contributed by atoms with Crippen LogP contribution >= 0.6 is 0 Å². The third kappa shape index (κ3) is 4.01. The van der Waals surface area contributed by atoms with Crippen molar-refractivity contribution in [2.45, 2.75) is 25.3 Å². The van der Waals surface area contributed by atoms with Gasteiger partial charge in [0.15, 0.2) is 0 Å². The molecule has 2 rings (SSSR count). The largest absolute Gasteiger partial charge is 0.345 e. The van der Waals surface area contributed by atoms with E-state index in [1.165, 1.54) is 23.1 Å². The van der Waals surface area contributed by atoms with Crippen molar-refractivity contribution in [1.29, 1.82) is 0 Å². The fourth-order valence-electron chi connectivity index (χ4n) is 2.37. The Hall–Kier alpha value is -1.95. The molecule has 1 fully saturated rings. The fraction of sp³-hybridized carbons (Fsp3) is 0.467. The number of benzene rings is 1. The lowest BCUT2D eigenvalue weighted by molar-refractivity contribution is -0.116. The van der Waals surface area contributed by atoms with Crippen molar-refractivity contribution in [3.8, 4) is 0 Å². The number of carbonyl (C=O) groups is 2. The first-order chi connectivity index (χ1) is 9.97. The molecular formula is C15H20FN3O2. The minimum absolute atomic E-state index is 0.0446. The second-order valence-corrected chi connectivity index (χ2v) is 5.44. The molecule has 1 atom stereocenters. The molecule has 2 N–H and O–H groups in total. The van der Waals surface area contributed by atoms with Gasteiger partial charge >= 0.3 is 0 Å². The number of hydrogen-bond acceptors (Lipinski definition) is 3. The van der Waals surface area contributed by atoms with E-state index in [0.29, 0.717) is 12.1 Å². The van der Waals surface area contributed by atoms with E-state index in [-0.39, 0.29) is 17.5 Å². The Morgan fingerprint density at radius 1 is 1.43 bits per heavy atom. The molecular weight excluding hydrogens is 273 g/mol. The Bertz CT molecular complexity index is 540. The third-order valence-electron chi connectivity index (χ3n) is 3.48. The van der Waals surface area contributed by atoms with E-state index in [9.17, 15) is 14.0 Å². The van der Waals surface area contributed by atoms with Crippen molar-refractivity contribution in [1.82, 2.24) is 10.2 Å². The zero-order valence-corrected chi connectivity index (χ0v) is 12.3. The van der Waals surface area contributed by atoms with Gasteiger partial charge in [0.05, 0.1) is 5.56 Å². The van der Waals surface area contributed by atoms with Crippen LogP contribution in [0.4, 0.5) is 10.1 Å². The lowest BCUT2D eigenvalue weighted by Gasteiger charge is -2.13. The summed E-state index contributed by atoms with van der Waals surface area (Å²) in [6, 6.07) is 4.23. The van der Waals surface area contributed by atoms with E-state index in [1.807, 2.05) is 0 Å². The first-order valence-electron chi connectivity index (χ1n) is 7.02. The van der Waals surface area contributed by atoms with Crippen molar-refractivity contribution in [3.05, 3.63) is 29.6 Å². The summed E-state index contributed by atoms with van der Waals surface area (Å²) in [7, 11) is 3.11. The molecule has 5 nitrogen and oxygen atoms in total. The molecule has 1 aromatic rings. The average Bonchev–Trinajstić information content (AvgIpc) is 2.92. The Labute approximate surface area is 123 Å². The summed E-state index contributed by atoms with van der Waals surface area (Å²) in [6.07, 6.45) is 2.45. The van der Waals surface area contributed by atoms with Crippen LogP contribution in [0.15, 0.2) is 18.2 Å². The highest BCUT2D eigenvalue weighted by Gasteiger charge is 2.19. The maximum Gasteiger partial charge on any atom is 0.256 e. The highest BCUT2D eigenvalue weighted by Crippen LogP contribution is 2.17. The molecule has 0 aliphatic carbocycles. The van der Waals surface area contributed by atoms with Gasteiger partial charge < -0.3 is 15.5 Å². The summed E-state index contributed by atoms with van der Waals surface area (Å²) in [4.78, 5) is 25.1. The molecule has 1 aromatic carbocycles. The second kappa shape index (κ2) is 6.67. The van der Waals surface area contributed by atoms with Crippen LogP contribution in [0, 0.1) is 5.82 Å². The topological polar surface area (TPSA) is 61.4 Å². The monoisotopic (exact) mass is 293 g/mol. The number of hydrogen-bond donors (Lipinski definition) is 2. The predicted molar refractivity (Wildman–Crippen MR) is 78.7 cm³/mol. The molecule has 2 amide bonds. The number of nitrogens with zero attached hydrogens (tertiary/aromatic N) is 1. The number of halogens is 1. The van der Waals surface area contributed by atoms with Gasteiger partial charge in [0.1, 0.15) is 5.82 Å². The molecule has 0 saturated carbocycles. The number of anilines is 1. The van der Waals surface area contributed by atoms with E-state index >= 15 is 0 Å². The van der Waals surface area contributed by atoms with Gasteiger partial charge in [-0.2, -0.15) is 0 Å². The quantitative estimate of drug-likeness (QED) is 0.886. The first-order valence-corrected chi connectivity index (χ1v) is 7.02. The lowest BCUT2D eigenvalue weighted by Crippen LogP contribution is -2.27. The fourth-order valence-corrected chi connectivity index (χ4v) is 2.37. The molecule has 1 unspecified atom stereocenters. The van der Waals surface area contributed by atoms with Gasteiger partial charge in [0, 0.05) is 32.2 Å². The minimum Gasteiger partial charge on any atom is -0.345 e. The van der Waals surface area contributed by atoms with Crippen molar-refractivity contribution in [2.24, 2.45) is 0 Å². The van der Waals surface area contributed by atoms with E-state index in [0.717, 1.165) is 19.4 Å². The SMILES string of the molecule is CN(C)C(=O)c1cc(NC(=O)CC2CCCN2)ccc1F. The molecule has 0 bridgehead atoms. The van der Waals surface area contributed by atoms with Crippen LogP contribution in [-0.4, -0.2) is 43.4 Å². The summed E-state index contributed by atoms with van der Waals surface area (Å²) in [6.45, 7) is 0.940. The van der Waals surface area contributed by atoms with E-state index < -0.39 is 11.7 Å². The van der Waals surface area contributed by atoms with Crippen LogP contribution in [0.25, 0.3) is 0 Å². The standard InChI is InChI=1S/C15H20FN3O2/c1-19(2)15(21)12-8-11(5-6-13(12)16)18-14(20)9-10-4-3-7-17-10/h5-6,8,10,17H,3-4,7,9H2,1-2H3,(H,18,20). The average molecular weight is 293 g/mol. The van der Waals surface area contributed by atoms with Crippen LogP contribution < -0.4 is 10.6 Å². The van der Waals surface area contributed by atoms with Crippen molar-refractivity contribution >= 4 is 17.5 Å². The summed E-state index contributed by atoms with van der Waals surface area (Å²) in [5.74, 6) is -1.16. The van der Waals surface area contributed by atoms with E-state index in [1.54, 1.807) is 14.1 Å². The van der Waals surface area contributed by atoms with Gasteiger partial charge in [-0.05, 0) is 37.6 Å². The van der Waals surface area contributed by atoms with Gasteiger partial charge in [0.25, 0.3) is 5.91 Å². The maximum absolute atomic E-state index is 13.7. The molecule has 0 aromatic heterocycles. The highest BCUT2D eigenvalue weighted by molar-refractivity contribution is 5.97. The van der Waals surface area contributed by atoms with Crippen LogP contribution in [-0.2, 0) is 4.79 Å². The summed E-state index contributed by atoms with van der Waals surface area (Å²) in [5, 5.41) is 5.96. The zero-order chi connectivity index (χ0) is 15.4. The van der Waals surface area contributed by atoms with Crippen molar-refractivity contribution in [3.63, 3.8) is 0 Å². The maximum atomic E-state index is 13.7. The summed E-state index contributed by atoms with van der Waals surface area (Å²) in [5.41, 5.74) is 0.390. The number of amides is 2. The van der Waals surface area contributed by atoms with Crippen molar-refractivity contribution < 1.29 is 14.0 Å². The van der Waals surface area contributed by atoms with Gasteiger partial charge in [0.2, 0.25) is 5.91 Å². The highest BCUT2D eigenvalue weighted by atomic mass is 19.1. The summed E-state index contributed by atoms with van der Waals surface area (Å²) >= 11 is 0. The number of nitrogens with one attached hydrogen (secondary N) is 2. The van der Waals surface area contributed by atoms with E-state index in [4.69, 9.17) is 0 Å². The Morgan fingerprint density at radius 3 is 2.81 bits per heavy atom. The summed E-state index contributed by atoms with van der Waals surface area (Å²) < 4.78 is 13.7. The Morgan fingerprint density at radius 2 is 2.19 bits per heavy atom. The van der Waals surface area contributed by atoms with Gasteiger partial charge in [-0.1, -0.05) is 0 Å². The van der Waals surface area contributed by atoms with Crippen LogP contribution in [0.5, 0.6) is 0 Å². The third-order valence-corrected chi connectivity index (χ3v) is 3.48. The molecule has 21 heavy (non-hydrogen) atoms. The smallest absolute Gasteiger partial charge is 0.256 e. The number of carbonyl (C=O) groups excluding carboxylic acids is 2. The number of rotatable bonds is 4. The van der Waals surface area contributed by atoms with Gasteiger partial charge in [-0.15, -0.1) is 0 Å². The normalized spacial score (nSPS) is 17.6. The van der Waals surface area contributed by atoms with Gasteiger partial charge in [-0.3, -0.25) is 9.59 Å². The molecule has 1 saturated heterocycles. The zero-order valence-electron chi connectivity index (χ0n) is 12.3. The van der Waals surface area contributed by atoms with Crippen molar-refractivity contribution in [2.75, 3.05) is 26.0 Å². The lowest BCUT2D eigenvalue weighted by atomic mass is 10.1. The second-order valence-electron chi connectivity index (χ2n) is 5.44. The Kier molecular flexibility index (Phi) is 4.90. The van der Waals surface area contributed by atoms with Crippen LogP contribution in [0.1, 0.15) is 29.6 Å². The molecule has 1 aliphatic rings. The molecule has 1 aliphatic heterocycles. The van der Waals surface area contributed by atoms with Gasteiger partial charge in [-0.25, -0.2) is 4.39 Å². The van der Waals surface area contributed by atoms with Crippen LogP contribution in [0.2, 0.25) is 0 Å². The Balaban J connectivity index is 2.04. The predicted octanol–water partition coefficient (Wildman–Crippen LogP) is 1.61. The minimum atomic E-state index is -0.593. The molecule has 114 valence electrons. The molecule has 6 heteroatoms.